The number of carbonyl (C=O) groups is 1. The van der Waals surface area contributed by atoms with Crippen molar-refractivity contribution in [2.24, 2.45) is 7.05 Å². The van der Waals surface area contributed by atoms with Crippen molar-refractivity contribution in [3.8, 4) is 0 Å². The SMILES string of the molecule is Cc1cc(=O)n(C2CCCC2)c2nc(N3CCN(C(=O)c4cnn(C)c4)C(C)C3)ncc12. The molecule has 1 amide bonds. The molecule has 0 bridgehead atoms. The van der Waals surface area contributed by atoms with Crippen LogP contribution in [0.4, 0.5) is 5.95 Å². The van der Waals surface area contributed by atoms with Gasteiger partial charge < -0.3 is 9.80 Å². The summed E-state index contributed by atoms with van der Waals surface area (Å²) in [4.78, 5) is 39.3. The van der Waals surface area contributed by atoms with Crippen LogP contribution in [-0.2, 0) is 7.05 Å². The fraction of sp³-hybridized carbons (Fsp3) is 0.522. The van der Waals surface area contributed by atoms with E-state index in [2.05, 4.69) is 15.0 Å². The van der Waals surface area contributed by atoms with Crippen LogP contribution < -0.4 is 10.5 Å². The Morgan fingerprint density at radius 3 is 2.62 bits per heavy atom. The molecule has 2 aliphatic rings. The summed E-state index contributed by atoms with van der Waals surface area (Å²) in [5.74, 6) is 0.616. The predicted octanol–water partition coefficient (Wildman–Crippen LogP) is 2.30. The summed E-state index contributed by atoms with van der Waals surface area (Å²) in [5, 5.41) is 5.04. The molecule has 5 rings (SSSR count). The Labute approximate surface area is 186 Å². The number of rotatable bonds is 3. The Morgan fingerprint density at radius 1 is 1.16 bits per heavy atom. The van der Waals surface area contributed by atoms with Crippen molar-refractivity contribution in [3.05, 3.63) is 46.1 Å². The van der Waals surface area contributed by atoms with E-state index in [4.69, 9.17) is 4.98 Å². The van der Waals surface area contributed by atoms with Crippen molar-refractivity contribution in [1.29, 1.82) is 0 Å². The van der Waals surface area contributed by atoms with Gasteiger partial charge in [-0.15, -0.1) is 0 Å². The van der Waals surface area contributed by atoms with E-state index in [1.165, 1.54) is 0 Å². The molecular weight excluding hydrogens is 406 g/mol. The zero-order valence-corrected chi connectivity index (χ0v) is 18.9. The number of nitrogens with zero attached hydrogens (tertiary/aromatic N) is 7. The summed E-state index contributed by atoms with van der Waals surface area (Å²) < 4.78 is 3.52. The number of pyridine rings is 1. The maximum atomic E-state index is 12.9. The molecule has 0 N–H and O–H groups in total. The quantitative estimate of drug-likeness (QED) is 0.627. The van der Waals surface area contributed by atoms with Gasteiger partial charge in [0, 0.05) is 62.6 Å². The standard InChI is InChI=1S/C23H29N7O2/c1-15-10-20(31)30(18-6-4-5-7-18)21-19(15)12-24-23(26-21)28-8-9-29(16(2)13-28)22(32)17-11-25-27(3)14-17/h10-12,14,16,18H,4-9,13H2,1-3H3. The highest BCUT2D eigenvalue weighted by Crippen LogP contribution is 2.31. The van der Waals surface area contributed by atoms with Crippen LogP contribution in [0.3, 0.4) is 0 Å². The van der Waals surface area contributed by atoms with Crippen molar-refractivity contribution >= 4 is 22.9 Å². The topological polar surface area (TPSA) is 89.2 Å². The number of fused-ring (bicyclic) bond motifs is 1. The van der Waals surface area contributed by atoms with Gasteiger partial charge >= 0.3 is 0 Å². The molecule has 0 aromatic carbocycles. The Hall–Kier alpha value is -3.23. The normalized spacial score (nSPS) is 19.8. The van der Waals surface area contributed by atoms with E-state index in [-0.39, 0.29) is 23.6 Å². The number of piperazine rings is 1. The second kappa shape index (κ2) is 8.03. The van der Waals surface area contributed by atoms with Gasteiger partial charge in [0.15, 0.2) is 0 Å². The summed E-state index contributed by atoms with van der Waals surface area (Å²) in [6.07, 6.45) is 9.53. The molecule has 0 radical (unpaired) electrons. The third-order valence-electron chi connectivity index (χ3n) is 6.80. The lowest BCUT2D eigenvalue weighted by Crippen LogP contribution is -2.54. The van der Waals surface area contributed by atoms with Crippen molar-refractivity contribution in [3.63, 3.8) is 0 Å². The highest BCUT2D eigenvalue weighted by Gasteiger charge is 2.30. The molecule has 1 saturated carbocycles. The molecule has 9 heteroatoms. The second-order valence-corrected chi connectivity index (χ2v) is 9.08. The summed E-state index contributed by atoms with van der Waals surface area (Å²) >= 11 is 0. The van der Waals surface area contributed by atoms with Crippen LogP contribution >= 0.6 is 0 Å². The van der Waals surface area contributed by atoms with E-state index in [1.807, 2.05) is 36.6 Å². The maximum absolute atomic E-state index is 12.9. The molecule has 1 aliphatic carbocycles. The highest BCUT2D eigenvalue weighted by molar-refractivity contribution is 5.94. The minimum absolute atomic E-state index is 0.00428. The molecule has 168 valence electrons. The van der Waals surface area contributed by atoms with Crippen LogP contribution in [0.25, 0.3) is 11.0 Å². The third kappa shape index (κ3) is 3.55. The first-order valence-electron chi connectivity index (χ1n) is 11.4. The predicted molar refractivity (Wildman–Crippen MR) is 122 cm³/mol. The van der Waals surface area contributed by atoms with Gasteiger partial charge in [0.05, 0.1) is 11.8 Å². The molecule has 3 aromatic heterocycles. The summed E-state index contributed by atoms with van der Waals surface area (Å²) in [7, 11) is 1.81. The first-order chi connectivity index (χ1) is 15.4. The Kier molecular flexibility index (Phi) is 5.19. The molecule has 1 aliphatic heterocycles. The van der Waals surface area contributed by atoms with Crippen LogP contribution in [0.5, 0.6) is 0 Å². The Morgan fingerprint density at radius 2 is 1.94 bits per heavy atom. The van der Waals surface area contributed by atoms with Gasteiger partial charge in [-0.2, -0.15) is 10.1 Å². The molecule has 2 fully saturated rings. The van der Waals surface area contributed by atoms with Crippen molar-refractivity contribution in [1.82, 2.24) is 29.2 Å². The van der Waals surface area contributed by atoms with Crippen molar-refractivity contribution in [2.45, 2.75) is 51.6 Å². The van der Waals surface area contributed by atoms with Gasteiger partial charge in [0.25, 0.3) is 11.5 Å². The first-order valence-corrected chi connectivity index (χ1v) is 11.4. The number of aromatic nitrogens is 5. The monoisotopic (exact) mass is 435 g/mol. The van der Waals surface area contributed by atoms with Gasteiger partial charge in [-0.1, -0.05) is 12.8 Å². The molecule has 32 heavy (non-hydrogen) atoms. The average molecular weight is 436 g/mol. The van der Waals surface area contributed by atoms with E-state index in [0.717, 1.165) is 42.3 Å². The lowest BCUT2D eigenvalue weighted by molar-refractivity contribution is 0.0673. The number of amides is 1. The number of carbonyl (C=O) groups excluding carboxylic acids is 1. The summed E-state index contributed by atoms with van der Waals surface area (Å²) in [6.45, 7) is 5.84. The third-order valence-corrected chi connectivity index (χ3v) is 6.80. The minimum Gasteiger partial charge on any atom is -0.337 e. The number of aryl methyl sites for hydroxylation is 2. The molecule has 3 aromatic rings. The maximum Gasteiger partial charge on any atom is 0.257 e. The van der Waals surface area contributed by atoms with Crippen LogP contribution in [0.2, 0.25) is 0 Å². The number of hydrogen-bond donors (Lipinski definition) is 0. The minimum atomic E-state index is -0.00428. The Bertz CT molecular complexity index is 1220. The summed E-state index contributed by atoms with van der Waals surface area (Å²) in [6, 6.07) is 1.92. The number of anilines is 1. The molecular formula is C23H29N7O2. The van der Waals surface area contributed by atoms with Gasteiger partial charge in [0.1, 0.15) is 5.65 Å². The first kappa shape index (κ1) is 20.7. The fourth-order valence-electron chi connectivity index (χ4n) is 5.07. The lowest BCUT2D eigenvalue weighted by atomic mass is 10.1. The number of hydrogen-bond acceptors (Lipinski definition) is 6. The highest BCUT2D eigenvalue weighted by atomic mass is 16.2. The van der Waals surface area contributed by atoms with Crippen molar-refractivity contribution in [2.75, 3.05) is 24.5 Å². The van der Waals surface area contributed by atoms with Crippen LogP contribution in [0.15, 0.2) is 29.5 Å². The molecule has 1 unspecified atom stereocenters. The van der Waals surface area contributed by atoms with Crippen molar-refractivity contribution < 1.29 is 4.79 Å². The molecule has 4 heterocycles. The summed E-state index contributed by atoms with van der Waals surface area (Å²) in [5.41, 5.74) is 2.26. The average Bonchev–Trinajstić information content (AvgIpc) is 3.45. The van der Waals surface area contributed by atoms with Gasteiger partial charge in [-0.05, 0) is 32.3 Å². The van der Waals surface area contributed by atoms with Crippen LogP contribution in [0, 0.1) is 6.92 Å². The molecule has 1 atom stereocenters. The zero-order chi connectivity index (χ0) is 22.4. The molecule has 1 saturated heterocycles. The van der Waals surface area contributed by atoms with Gasteiger partial charge in [-0.25, -0.2) is 4.98 Å². The largest absolute Gasteiger partial charge is 0.337 e. The van der Waals surface area contributed by atoms with E-state index in [9.17, 15) is 9.59 Å². The van der Waals surface area contributed by atoms with Gasteiger partial charge in [0.2, 0.25) is 5.95 Å². The second-order valence-electron chi connectivity index (χ2n) is 9.08. The van der Waals surface area contributed by atoms with Crippen LogP contribution in [0.1, 0.15) is 54.6 Å². The lowest BCUT2D eigenvalue weighted by Gasteiger charge is -2.39. The molecule has 0 spiro atoms. The van der Waals surface area contributed by atoms with Gasteiger partial charge in [-0.3, -0.25) is 18.8 Å². The smallest absolute Gasteiger partial charge is 0.257 e. The van der Waals surface area contributed by atoms with Crippen LogP contribution in [-0.4, -0.2) is 60.8 Å². The van der Waals surface area contributed by atoms with E-state index in [0.29, 0.717) is 31.1 Å². The fourth-order valence-corrected chi connectivity index (χ4v) is 5.07. The van der Waals surface area contributed by atoms with E-state index < -0.39 is 0 Å². The van der Waals surface area contributed by atoms with E-state index in [1.54, 1.807) is 23.1 Å². The van der Waals surface area contributed by atoms with E-state index >= 15 is 0 Å². The molecule has 9 nitrogen and oxygen atoms in total. The zero-order valence-electron chi connectivity index (χ0n) is 18.9. The Balaban J connectivity index is 1.43.